The van der Waals surface area contributed by atoms with E-state index >= 15 is 0 Å². The Morgan fingerprint density at radius 1 is 1.20 bits per heavy atom. The third-order valence-corrected chi connectivity index (χ3v) is 6.51. The average molecular weight is 430 g/mol. The minimum atomic E-state index is -0.0434. The maximum absolute atomic E-state index is 13.1. The molecule has 2 aliphatic rings. The fourth-order valence-corrected chi connectivity index (χ4v) is 4.69. The topological polar surface area (TPSA) is 80.8 Å². The van der Waals surface area contributed by atoms with Gasteiger partial charge in [-0.3, -0.25) is 9.59 Å². The zero-order chi connectivity index (χ0) is 21.1. The van der Waals surface area contributed by atoms with Gasteiger partial charge in [0, 0.05) is 29.3 Å². The van der Waals surface area contributed by atoms with Crippen LogP contribution in [0, 0.1) is 5.92 Å². The SMILES string of the molecule is CCOc1ccc(C(=O)N2CCc3nc(NC(=O)C4CCC4)sc3C2)cc1OCC. The predicted octanol–water partition coefficient (Wildman–Crippen LogP) is 3.88. The number of benzene rings is 1. The van der Waals surface area contributed by atoms with E-state index in [9.17, 15) is 9.59 Å². The molecule has 4 rings (SSSR count). The van der Waals surface area contributed by atoms with Crippen LogP contribution in [0.2, 0.25) is 0 Å². The third-order valence-electron chi connectivity index (χ3n) is 5.51. The van der Waals surface area contributed by atoms with Gasteiger partial charge in [0.2, 0.25) is 5.91 Å². The maximum Gasteiger partial charge on any atom is 0.254 e. The summed E-state index contributed by atoms with van der Waals surface area (Å²) in [6.07, 6.45) is 3.74. The van der Waals surface area contributed by atoms with Crippen LogP contribution in [0.5, 0.6) is 11.5 Å². The van der Waals surface area contributed by atoms with Gasteiger partial charge in [0.05, 0.1) is 25.5 Å². The number of nitrogens with zero attached hydrogens (tertiary/aromatic N) is 2. The number of ether oxygens (including phenoxy) is 2. The molecule has 0 atom stereocenters. The molecule has 1 aliphatic carbocycles. The molecular formula is C22H27N3O4S. The Kier molecular flexibility index (Phi) is 6.22. The zero-order valence-electron chi connectivity index (χ0n) is 17.4. The summed E-state index contributed by atoms with van der Waals surface area (Å²) in [5.74, 6) is 1.38. The monoisotopic (exact) mass is 429 g/mol. The number of thiazole rings is 1. The number of rotatable bonds is 7. The summed E-state index contributed by atoms with van der Waals surface area (Å²) in [4.78, 5) is 32.7. The Bertz CT molecular complexity index is 938. The molecule has 1 N–H and O–H groups in total. The Morgan fingerprint density at radius 3 is 2.67 bits per heavy atom. The summed E-state index contributed by atoms with van der Waals surface area (Å²) in [6, 6.07) is 5.32. The first-order valence-electron chi connectivity index (χ1n) is 10.6. The van der Waals surface area contributed by atoms with E-state index in [1.807, 2.05) is 18.7 Å². The highest BCUT2D eigenvalue weighted by molar-refractivity contribution is 7.15. The van der Waals surface area contributed by atoms with E-state index < -0.39 is 0 Å². The molecule has 0 bridgehead atoms. The molecule has 2 heterocycles. The van der Waals surface area contributed by atoms with E-state index in [-0.39, 0.29) is 17.7 Å². The van der Waals surface area contributed by atoms with Crippen molar-refractivity contribution in [1.29, 1.82) is 0 Å². The van der Waals surface area contributed by atoms with Crippen LogP contribution in [0.3, 0.4) is 0 Å². The average Bonchev–Trinajstić information content (AvgIpc) is 3.09. The molecule has 0 spiro atoms. The number of amides is 2. The molecule has 7 nitrogen and oxygen atoms in total. The van der Waals surface area contributed by atoms with Crippen molar-refractivity contribution >= 4 is 28.3 Å². The second kappa shape index (κ2) is 9.04. The normalized spacial score (nSPS) is 15.9. The van der Waals surface area contributed by atoms with Crippen LogP contribution in [-0.2, 0) is 17.8 Å². The third kappa shape index (κ3) is 4.28. The number of carbonyl (C=O) groups excluding carboxylic acids is 2. The van der Waals surface area contributed by atoms with Crippen molar-refractivity contribution in [2.24, 2.45) is 5.92 Å². The minimum Gasteiger partial charge on any atom is -0.490 e. The quantitative estimate of drug-likeness (QED) is 0.722. The minimum absolute atomic E-state index is 0.0434. The molecule has 0 saturated heterocycles. The van der Waals surface area contributed by atoms with Gasteiger partial charge >= 0.3 is 0 Å². The van der Waals surface area contributed by atoms with Gasteiger partial charge in [-0.05, 0) is 44.9 Å². The Labute approximate surface area is 180 Å². The second-order valence-corrected chi connectivity index (χ2v) is 8.59. The van der Waals surface area contributed by atoms with Crippen molar-refractivity contribution in [2.45, 2.75) is 46.1 Å². The van der Waals surface area contributed by atoms with E-state index in [0.29, 0.717) is 54.9 Å². The smallest absolute Gasteiger partial charge is 0.254 e. The number of anilines is 1. The summed E-state index contributed by atoms with van der Waals surface area (Å²) in [5, 5.41) is 3.60. The summed E-state index contributed by atoms with van der Waals surface area (Å²) in [6.45, 7) is 5.96. The first-order chi connectivity index (χ1) is 14.6. The number of fused-ring (bicyclic) bond motifs is 1. The second-order valence-electron chi connectivity index (χ2n) is 7.51. The summed E-state index contributed by atoms with van der Waals surface area (Å²) < 4.78 is 11.2. The van der Waals surface area contributed by atoms with Crippen LogP contribution in [-0.4, -0.2) is 41.5 Å². The maximum atomic E-state index is 13.1. The van der Waals surface area contributed by atoms with Crippen molar-refractivity contribution in [1.82, 2.24) is 9.88 Å². The molecule has 1 aromatic carbocycles. The molecule has 8 heteroatoms. The van der Waals surface area contributed by atoms with Gasteiger partial charge in [-0.1, -0.05) is 17.8 Å². The summed E-state index contributed by atoms with van der Waals surface area (Å²) in [7, 11) is 0. The highest BCUT2D eigenvalue weighted by Crippen LogP contribution is 2.33. The van der Waals surface area contributed by atoms with Crippen LogP contribution < -0.4 is 14.8 Å². The van der Waals surface area contributed by atoms with Crippen molar-refractivity contribution in [2.75, 3.05) is 25.1 Å². The Hall–Kier alpha value is -2.61. The van der Waals surface area contributed by atoms with Gasteiger partial charge in [-0.25, -0.2) is 4.98 Å². The molecule has 2 aromatic rings. The van der Waals surface area contributed by atoms with Gasteiger partial charge in [0.25, 0.3) is 5.91 Å². The van der Waals surface area contributed by atoms with Crippen molar-refractivity contribution in [3.63, 3.8) is 0 Å². The number of carbonyl (C=O) groups is 2. The number of aromatic nitrogens is 1. The highest BCUT2D eigenvalue weighted by Gasteiger charge is 2.28. The summed E-state index contributed by atoms with van der Waals surface area (Å²) >= 11 is 1.47. The number of hydrogen-bond donors (Lipinski definition) is 1. The van der Waals surface area contributed by atoms with E-state index in [4.69, 9.17) is 9.47 Å². The Balaban J connectivity index is 1.45. The lowest BCUT2D eigenvalue weighted by Crippen LogP contribution is -2.35. The van der Waals surface area contributed by atoms with Crippen LogP contribution in [0.25, 0.3) is 0 Å². The first kappa shape index (κ1) is 20.7. The molecule has 0 radical (unpaired) electrons. The lowest BCUT2D eigenvalue weighted by Gasteiger charge is -2.26. The standard InChI is InChI=1S/C22H27N3O4S/c1-3-28-17-9-8-15(12-18(17)29-4-2)21(27)25-11-10-16-19(13-25)30-22(23-16)24-20(26)14-6-5-7-14/h8-9,12,14H,3-7,10-11,13H2,1-2H3,(H,23,24,26). The van der Waals surface area contributed by atoms with Gasteiger partial charge in [0.15, 0.2) is 16.6 Å². The molecule has 30 heavy (non-hydrogen) atoms. The van der Waals surface area contributed by atoms with E-state index in [0.717, 1.165) is 29.8 Å². The van der Waals surface area contributed by atoms with Crippen LogP contribution in [0.4, 0.5) is 5.13 Å². The molecule has 0 unspecified atom stereocenters. The fraction of sp³-hybridized carbons (Fsp3) is 0.500. The van der Waals surface area contributed by atoms with Crippen LogP contribution in [0.15, 0.2) is 18.2 Å². The van der Waals surface area contributed by atoms with Gasteiger partial charge in [-0.15, -0.1) is 0 Å². The Morgan fingerprint density at radius 2 is 1.97 bits per heavy atom. The number of nitrogens with one attached hydrogen (secondary N) is 1. The van der Waals surface area contributed by atoms with Gasteiger partial charge in [-0.2, -0.15) is 0 Å². The van der Waals surface area contributed by atoms with Crippen molar-refractivity contribution in [3.05, 3.63) is 34.3 Å². The highest BCUT2D eigenvalue weighted by atomic mass is 32.1. The largest absolute Gasteiger partial charge is 0.490 e. The van der Waals surface area contributed by atoms with E-state index in [2.05, 4.69) is 10.3 Å². The van der Waals surface area contributed by atoms with E-state index in [1.165, 1.54) is 11.3 Å². The van der Waals surface area contributed by atoms with Crippen molar-refractivity contribution in [3.8, 4) is 11.5 Å². The van der Waals surface area contributed by atoms with E-state index in [1.54, 1.807) is 18.2 Å². The molecule has 1 aromatic heterocycles. The summed E-state index contributed by atoms with van der Waals surface area (Å²) in [5.41, 5.74) is 1.56. The molecule has 1 fully saturated rings. The molecular weight excluding hydrogens is 402 g/mol. The first-order valence-corrected chi connectivity index (χ1v) is 11.4. The lowest BCUT2D eigenvalue weighted by atomic mass is 9.85. The zero-order valence-corrected chi connectivity index (χ0v) is 18.2. The van der Waals surface area contributed by atoms with Crippen LogP contribution >= 0.6 is 11.3 Å². The molecule has 160 valence electrons. The predicted molar refractivity (Wildman–Crippen MR) is 115 cm³/mol. The molecule has 2 amide bonds. The lowest BCUT2D eigenvalue weighted by molar-refractivity contribution is -0.122. The van der Waals surface area contributed by atoms with Gasteiger partial charge in [0.1, 0.15) is 0 Å². The molecule has 1 aliphatic heterocycles. The van der Waals surface area contributed by atoms with Crippen molar-refractivity contribution < 1.29 is 19.1 Å². The fourth-order valence-electron chi connectivity index (χ4n) is 3.67. The molecule has 1 saturated carbocycles. The number of hydrogen-bond acceptors (Lipinski definition) is 6. The van der Waals surface area contributed by atoms with Gasteiger partial charge < -0.3 is 19.7 Å². The van der Waals surface area contributed by atoms with Crippen LogP contribution in [0.1, 0.15) is 54.0 Å².